The maximum Gasteiger partial charge on any atom is 0.223 e. The van der Waals surface area contributed by atoms with E-state index in [2.05, 4.69) is 11.8 Å². The highest BCUT2D eigenvalue weighted by atomic mass is 35.5. The minimum Gasteiger partial charge on any atom is -0.352 e. The van der Waals surface area contributed by atoms with Crippen molar-refractivity contribution in [3.63, 3.8) is 0 Å². The molecule has 2 fully saturated rings. The van der Waals surface area contributed by atoms with Crippen LogP contribution in [0.1, 0.15) is 54.8 Å². The van der Waals surface area contributed by atoms with Crippen molar-refractivity contribution in [3.8, 4) is 0 Å². The van der Waals surface area contributed by atoms with Crippen molar-refractivity contribution in [1.82, 2.24) is 14.9 Å². The summed E-state index contributed by atoms with van der Waals surface area (Å²) in [6.07, 6.45) is 6.44. The SMILES string of the molecule is CC1CCc2c(sc3nc(C4CC4)nc(N4CCN(C(=O)CCCl)CC4)c23)C1. The van der Waals surface area contributed by atoms with E-state index in [1.165, 1.54) is 46.3 Å². The number of anilines is 1. The average Bonchev–Trinajstić information content (AvgIpc) is 3.48. The molecule has 0 radical (unpaired) electrons. The fraction of sp³-hybridized carbons (Fsp3) is 0.667. The molecule has 3 heterocycles. The summed E-state index contributed by atoms with van der Waals surface area (Å²) in [6, 6.07) is 0. The molecule has 150 valence electrons. The van der Waals surface area contributed by atoms with Gasteiger partial charge in [0, 0.05) is 49.3 Å². The molecule has 0 N–H and O–H groups in total. The molecule has 2 aromatic rings. The van der Waals surface area contributed by atoms with Crippen LogP contribution in [0, 0.1) is 5.92 Å². The number of amides is 1. The molecule has 1 saturated heterocycles. The average molecular weight is 419 g/mol. The second-order valence-electron chi connectivity index (χ2n) is 8.52. The molecule has 1 amide bonds. The fourth-order valence-corrected chi connectivity index (χ4v) is 6.04. The van der Waals surface area contributed by atoms with E-state index in [0.717, 1.165) is 50.2 Å². The number of hydrogen-bond acceptors (Lipinski definition) is 5. The van der Waals surface area contributed by atoms with Crippen LogP contribution in [-0.2, 0) is 17.6 Å². The quantitative estimate of drug-likeness (QED) is 0.705. The van der Waals surface area contributed by atoms with Crippen LogP contribution in [0.3, 0.4) is 0 Å². The lowest BCUT2D eigenvalue weighted by molar-refractivity contribution is -0.131. The molecule has 0 spiro atoms. The smallest absolute Gasteiger partial charge is 0.223 e. The van der Waals surface area contributed by atoms with Gasteiger partial charge >= 0.3 is 0 Å². The van der Waals surface area contributed by atoms with Gasteiger partial charge < -0.3 is 9.80 Å². The zero-order valence-electron chi connectivity index (χ0n) is 16.4. The van der Waals surface area contributed by atoms with Gasteiger partial charge in [-0.1, -0.05) is 6.92 Å². The van der Waals surface area contributed by atoms with E-state index in [-0.39, 0.29) is 5.91 Å². The molecule has 1 atom stereocenters. The second-order valence-corrected chi connectivity index (χ2v) is 9.98. The molecule has 7 heteroatoms. The van der Waals surface area contributed by atoms with E-state index < -0.39 is 0 Å². The van der Waals surface area contributed by atoms with E-state index in [4.69, 9.17) is 21.6 Å². The van der Waals surface area contributed by atoms with Gasteiger partial charge in [0.05, 0.1) is 5.39 Å². The second kappa shape index (κ2) is 7.45. The largest absolute Gasteiger partial charge is 0.352 e. The summed E-state index contributed by atoms with van der Waals surface area (Å²) in [5.74, 6) is 4.04. The van der Waals surface area contributed by atoms with E-state index in [9.17, 15) is 4.79 Å². The predicted molar refractivity (Wildman–Crippen MR) is 115 cm³/mol. The van der Waals surface area contributed by atoms with E-state index >= 15 is 0 Å². The number of hydrogen-bond donors (Lipinski definition) is 0. The summed E-state index contributed by atoms with van der Waals surface area (Å²) in [5, 5.41) is 1.30. The van der Waals surface area contributed by atoms with Crippen molar-refractivity contribution in [2.45, 2.75) is 51.4 Å². The molecule has 1 aliphatic heterocycles. The normalized spacial score (nSPS) is 22.6. The molecule has 1 unspecified atom stereocenters. The summed E-state index contributed by atoms with van der Waals surface area (Å²) < 4.78 is 0. The summed E-state index contributed by atoms with van der Waals surface area (Å²) in [5.41, 5.74) is 1.50. The van der Waals surface area contributed by atoms with Crippen LogP contribution in [0.15, 0.2) is 0 Å². The number of nitrogens with zero attached hydrogens (tertiary/aromatic N) is 4. The van der Waals surface area contributed by atoms with Gasteiger partial charge in [-0.25, -0.2) is 9.97 Å². The summed E-state index contributed by atoms with van der Waals surface area (Å²) in [6.45, 7) is 5.54. The van der Waals surface area contributed by atoms with Crippen LogP contribution >= 0.6 is 22.9 Å². The standard InChI is InChI=1S/C21H27ClN4OS/c1-13-2-5-15-16(12-13)28-21-18(15)20(23-19(24-21)14-3-4-14)26-10-8-25(9-11-26)17(27)6-7-22/h13-14H,2-12H2,1H3. The number of aromatic nitrogens is 2. The van der Waals surface area contributed by atoms with Crippen molar-refractivity contribution in [1.29, 1.82) is 0 Å². The Hall–Kier alpha value is -1.40. The van der Waals surface area contributed by atoms with Crippen LogP contribution in [0.4, 0.5) is 5.82 Å². The maximum atomic E-state index is 12.2. The Morgan fingerprint density at radius 2 is 1.96 bits per heavy atom. The number of carbonyl (C=O) groups excluding carboxylic acids is 1. The van der Waals surface area contributed by atoms with Crippen LogP contribution in [-0.4, -0.2) is 52.8 Å². The summed E-state index contributed by atoms with van der Waals surface area (Å²) >= 11 is 7.65. The first-order valence-electron chi connectivity index (χ1n) is 10.5. The first-order chi connectivity index (χ1) is 13.6. The van der Waals surface area contributed by atoms with Crippen LogP contribution in [0.5, 0.6) is 0 Å². The summed E-state index contributed by atoms with van der Waals surface area (Å²) in [4.78, 5) is 29.3. The molecular formula is C21H27ClN4OS. The lowest BCUT2D eigenvalue weighted by Gasteiger charge is -2.36. The number of piperazine rings is 1. The number of aryl methyl sites for hydroxylation is 1. The van der Waals surface area contributed by atoms with Crippen molar-refractivity contribution in [2.75, 3.05) is 37.0 Å². The monoisotopic (exact) mass is 418 g/mol. The third-order valence-electron chi connectivity index (χ3n) is 6.34. The number of halogens is 1. The minimum absolute atomic E-state index is 0.169. The highest BCUT2D eigenvalue weighted by Crippen LogP contribution is 2.44. The van der Waals surface area contributed by atoms with Crippen molar-refractivity contribution >= 4 is 44.9 Å². The molecule has 2 aromatic heterocycles. The lowest BCUT2D eigenvalue weighted by atomic mass is 9.89. The van der Waals surface area contributed by atoms with E-state index in [1.807, 2.05) is 16.2 Å². The van der Waals surface area contributed by atoms with Gasteiger partial charge in [0.1, 0.15) is 16.5 Å². The third-order valence-corrected chi connectivity index (χ3v) is 7.67. The Balaban J connectivity index is 1.49. The third kappa shape index (κ3) is 3.39. The zero-order valence-corrected chi connectivity index (χ0v) is 18.0. The Bertz CT molecular complexity index is 901. The highest BCUT2D eigenvalue weighted by Gasteiger charge is 2.32. The minimum atomic E-state index is 0.169. The van der Waals surface area contributed by atoms with Gasteiger partial charge in [0.2, 0.25) is 5.91 Å². The van der Waals surface area contributed by atoms with Gasteiger partial charge in [-0.3, -0.25) is 4.79 Å². The van der Waals surface area contributed by atoms with Crippen molar-refractivity contribution < 1.29 is 4.79 Å². The first-order valence-corrected chi connectivity index (χ1v) is 11.9. The van der Waals surface area contributed by atoms with Crippen LogP contribution in [0.25, 0.3) is 10.2 Å². The van der Waals surface area contributed by atoms with E-state index in [0.29, 0.717) is 18.2 Å². The van der Waals surface area contributed by atoms with Crippen molar-refractivity contribution in [2.24, 2.45) is 5.92 Å². The van der Waals surface area contributed by atoms with Crippen LogP contribution in [0.2, 0.25) is 0 Å². The predicted octanol–water partition coefficient (Wildman–Crippen LogP) is 3.97. The molecule has 0 bridgehead atoms. The molecule has 1 saturated carbocycles. The van der Waals surface area contributed by atoms with Gasteiger partial charge in [-0.15, -0.1) is 22.9 Å². The molecule has 2 aliphatic carbocycles. The van der Waals surface area contributed by atoms with Crippen molar-refractivity contribution in [3.05, 3.63) is 16.3 Å². The Morgan fingerprint density at radius 3 is 2.68 bits per heavy atom. The molecule has 5 rings (SSSR count). The highest BCUT2D eigenvalue weighted by molar-refractivity contribution is 7.19. The Labute approximate surface area is 175 Å². The van der Waals surface area contributed by atoms with Gasteiger partial charge in [0.15, 0.2) is 0 Å². The number of alkyl halides is 1. The zero-order chi connectivity index (χ0) is 19.3. The maximum absolute atomic E-state index is 12.2. The van der Waals surface area contributed by atoms with Gasteiger partial charge in [-0.05, 0) is 43.6 Å². The lowest BCUT2D eigenvalue weighted by Crippen LogP contribution is -2.49. The molecule has 5 nitrogen and oxygen atoms in total. The topological polar surface area (TPSA) is 49.3 Å². The number of thiophene rings is 1. The summed E-state index contributed by atoms with van der Waals surface area (Å²) in [7, 11) is 0. The number of rotatable bonds is 4. The number of fused-ring (bicyclic) bond motifs is 3. The van der Waals surface area contributed by atoms with Crippen LogP contribution < -0.4 is 4.90 Å². The number of carbonyl (C=O) groups is 1. The first kappa shape index (κ1) is 18.6. The fourth-order valence-electron chi connectivity index (χ4n) is 4.50. The Morgan fingerprint density at radius 1 is 1.18 bits per heavy atom. The molecule has 0 aromatic carbocycles. The molecule has 3 aliphatic rings. The Kier molecular flexibility index (Phi) is 4.95. The van der Waals surface area contributed by atoms with E-state index in [1.54, 1.807) is 0 Å². The van der Waals surface area contributed by atoms with Gasteiger partial charge in [-0.2, -0.15) is 0 Å². The molecule has 28 heavy (non-hydrogen) atoms. The molecular weight excluding hydrogens is 392 g/mol. The van der Waals surface area contributed by atoms with Gasteiger partial charge in [0.25, 0.3) is 0 Å².